The predicted molar refractivity (Wildman–Crippen MR) is 276 cm³/mol. The number of fused-ring (bicyclic) bond motifs is 3. The van der Waals surface area contributed by atoms with Crippen molar-refractivity contribution in [1.29, 1.82) is 0 Å². The fourth-order valence-corrected chi connectivity index (χ4v) is 12.8. The molecule has 2 aliphatic carbocycles. The molecule has 0 bridgehead atoms. The second-order valence-electron chi connectivity index (χ2n) is 19.7. The normalized spacial score (nSPS) is 25.0. The molecule has 368 valence electrons. The summed E-state index contributed by atoms with van der Waals surface area (Å²) in [7, 11) is 0. The fourth-order valence-electron chi connectivity index (χ4n) is 11.3. The summed E-state index contributed by atoms with van der Waals surface area (Å²) in [5, 5.41) is 27.3. The molecular formula is C58H83NO7S. The van der Waals surface area contributed by atoms with Gasteiger partial charge in [-0.2, -0.15) is 11.8 Å². The van der Waals surface area contributed by atoms with Crippen molar-refractivity contribution in [1.82, 2.24) is 0 Å². The Kier molecular flexibility index (Phi) is 21.3. The lowest BCUT2D eigenvalue weighted by molar-refractivity contribution is -0.223. The third-order valence-electron chi connectivity index (χ3n) is 14.8. The Labute approximate surface area is 407 Å². The summed E-state index contributed by atoms with van der Waals surface area (Å²) < 4.78 is 27.4. The van der Waals surface area contributed by atoms with Crippen LogP contribution in [0.2, 0.25) is 0 Å². The molecule has 2 fully saturated rings. The van der Waals surface area contributed by atoms with Crippen LogP contribution in [0.15, 0.2) is 90.1 Å². The number of aliphatic hydroxyl groups excluding tert-OH is 2. The van der Waals surface area contributed by atoms with Crippen molar-refractivity contribution < 1.29 is 34.0 Å². The van der Waals surface area contributed by atoms with Crippen LogP contribution in [0.4, 0.5) is 0 Å². The molecule has 1 saturated heterocycles. The van der Waals surface area contributed by atoms with Crippen LogP contribution in [-0.2, 0) is 14.3 Å². The molecule has 0 spiro atoms. The first-order valence-corrected chi connectivity index (χ1v) is 27.8. The smallest absolute Gasteiger partial charge is 0.230 e. The first kappa shape index (κ1) is 51.5. The van der Waals surface area contributed by atoms with Gasteiger partial charge in [0.1, 0.15) is 17.2 Å². The van der Waals surface area contributed by atoms with Crippen molar-refractivity contribution in [2.24, 2.45) is 22.9 Å². The van der Waals surface area contributed by atoms with E-state index in [1.54, 1.807) is 0 Å². The van der Waals surface area contributed by atoms with Gasteiger partial charge in [-0.25, -0.2) is 0 Å². The van der Waals surface area contributed by atoms with Gasteiger partial charge in [-0.15, -0.1) is 6.58 Å². The number of hydrogen-bond donors (Lipinski definition) is 2. The van der Waals surface area contributed by atoms with E-state index in [4.69, 9.17) is 28.9 Å². The van der Waals surface area contributed by atoms with E-state index in [-0.39, 0.29) is 48.4 Å². The van der Waals surface area contributed by atoms with Crippen LogP contribution in [0.5, 0.6) is 17.2 Å². The maximum absolute atomic E-state index is 10.1. The van der Waals surface area contributed by atoms with Gasteiger partial charge in [0.25, 0.3) is 0 Å². The molecule has 1 unspecified atom stereocenters. The molecule has 8 nitrogen and oxygen atoms in total. The minimum atomic E-state index is -0.981. The van der Waals surface area contributed by atoms with Crippen molar-refractivity contribution in [2.75, 3.05) is 32.2 Å². The van der Waals surface area contributed by atoms with E-state index in [0.717, 1.165) is 109 Å². The molecule has 0 aromatic heterocycles. The summed E-state index contributed by atoms with van der Waals surface area (Å²) in [5.41, 5.74) is 3.25. The number of hydrogen-bond acceptors (Lipinski definition) is 9. The maximum atomic E-state index is 10.1. The summed E-state index contributed by atoms with van der Waals surface area (Å²) in [6.07, 6.45) is 31.6. The molecule has 2 N–H and O–H groups in total. The Balaban J connectivity index is 1.17. The number of allylic oxidation sites excluding steroid dienone is 1. The van der Waals surface area contributed by atoms with Crippen LogP contribution in [-0.4, -0.2) is 65.4 Å². The number of aliphatic hydroxyl groups is 2. The average Bonchev–Trinajstić information content (AvgIpc) is 3.35. The van der Waals surface area contributed by atoms with Gasteiger partial charge in [-0.1, -0.05) is 151 Å². The lowest BCUT2D eigenvalue weighted by Gasteiger charge is -2.58. The molecule has 7 rings (SSSR count). The van der Waals surface area contributed by atoms with E-state index in [0.29, 0.717) is 19.6 Å². The fraction of sp³-hybridized carbons (Fsp3) is 0.638. The second kappa shape index (κ2) is 27.7. The lowest BCUT2D eigenvalue weighted by atomic mass is 9.56. The molecule has 3 aromatic carbocycles. The molecule has 3 aromatic rings. The highest BCUT2D eigenvalue weighted by Gasteiger charge is 2.64. The first-order chi connectivity index (χ1) is 33.1. The van der Waals surface area contributed by atoms with E-state index in [1.165, 1.54) is 88.9 Å². The maximum Gasteiger partial charge on any atom is 0.230 e. The van der Waals surface area contributed by atoms with Gasteiger partial charge >= 0.3 is 0 Å². The molecule has 0 amide bonds. The number of rotatable bonds is 31. The number of benzene rings is 3. The van der Waals surface area contributed by atoms with Crippen LogP contribution < -0.4 is 9.47 Å². The van der Waals surface area contributed by atoms with Gasteiger partial charge in [-0.05, 0) is 109 Å². The van der Waals surface area contributed by atoms with Gasteiger partial charge in [-0.3, -0.25) is 0 Å². The minimum absolute atomic E-state index is 0.00660. The predicted octanol–water partition coefficient (Wildman–Crippen LogP) is 15.0. The minimum Gasteiger partial charge on any atom is -0.460 e. The number of ether oxygens (including phenoxy) is 4. The molecule has 2 heterocycles. The summed E-state index contributed by atoms with van der Waals surface area (Å²) in [6, 6.07) is 21.0. The van der Waals surface area contributed by atoms with Crippen molar-refractivity contribution in [3.8, 4) is 17.2 Å². The zero-order valence-corrected chi connectivity index (χ0v) is 41.7. The highest BCUT2D eigenvalue weighted by atomic mass is 32.2. The van der Waals surface area contributed by atoms with E-state index in [1.807, 2.05) is 30.0 Å². The third-order valence-corrected chi connectivity index (χ3v) is 16.2. The zero-order chi connectivity index (χ0) is 46.5. The topological polar surface area (TPSA) is 99.0 Å². The Bertz CT molecular complexity index is 2000. The molecule has 0 radical (unpaired) electrons. The van der Waals surface area contributed by atoms with Gasteiger partial charge in [0.05, 0.1) is 30.1 Å². The molecule has 67 heavy (non-hydrogen) atoms. The largest absolute Gasteiger partial charge is 0.460 e. The van der Waals surface area contributed by atoms with Crippen molar-refractivity contribution in [3.63, 3.8) is 0 Å². The third kappa shape index (κ3) is 14.1. The SMILES string of the molecule is C=CCO[C@@]12Oc3ccc(Oc4ccc5ccccc5c4)cc3[C@H]3[C@H](CCCCO)[C@@H](CCCCO)C=C(C(=NOC4CCCCO4)C[C@@H]1SCCCCCCCCCCCCCCCC)[C@H]32. The number of oxime groups is 1. The highest BCUT2D eigenvalue weighted by molar-refractivity contribution is 8.00. The molecular weight excluding hydrogens is 855 g/mol. The molecule has 4 aliphatic rings. The number of nitrogens with zero attached hydrogens (tertiary/aromatic N) is 1. The van der Waals surface area contributed by atoms with E-state index in [9.17, 15) is 10.2 Å². The lowest BCUT2D eigenvalue weighted by Crippen LogP contribution is -2.64. The van der Waals surface area contributed by atoms with E-state index in [2.05, 4.69) is 68.1 Å². The molecule has 1 saturated carbocycles. The van der Waals surface area contributed by atoms with Gasteiger partial charge in [0.2, 0.25) is 12.1 Å². The van der Waals surface area contributed by atoms with Crippen LogP contribution in [0.25, 0.3) is 10.8 Å². The van der Waals surface area contributed by atoms with Crippen LogP contribution >= 0.6 is 11.8 Å². The monoisotopic (exact) mass is 938 g/mol. The Morgan fingerprint density at radius 3 is 2.16 bits per heavy atom. The van der Waals surface area contributed by atoms with Gasteiger partial charge in [0, 0.05) is 37.5 Å². The summed E-state index contributed by atoms with van der Waals surface area (Å²) in [4.78, 5) is 6.35. The Morgan fingerprint density at radius 2 is 1.46 bits per heavy atom. The number of unbranched alkanes of at least 4 members (excludes halogenated alkanes) is 15. The van der Waals surface area contributed by atoms with Gasteiger partial charge < -0.3 is 34.0 Å². The number of thioether (sulfide) groups is 1. The van der Waals surface area contributed by atoms with Crippen LogP contribution in [0, 0.1) is 17.8 Å². The first-order valence-electron chi connectivity index (χ1n) is 26.7. The quantitative estimate of drug-likeness (QED) is 0.0374. The van der Waals surface area contributed by atoms with E-state index >= 15 is 0 Å². The average molecular weight is 938 g/mol. The summed E-state index contributed by atoms with van der Waals surface area (Å²) in [6.45, 7) is 7.82. The Morgan fingerprint density at radius 1 is 0.776 bits per heavy atom. The van der Waals surface area contributed by atoms with Crippen LogP contribution in [0.1, 0.15) is 173 Å². The second-order valence-corrected chi connectivity index (χ2v) is 21.0. The molecule has 2 aliphatic heterocycles. The highest BCUT2D eigenvalue weighted by Crippen LogP contribution is 2.63. The van der Waals surface area contributed by atoms with Gasteiger partial charge in [0.15, 0.2) is 0 Å². The van der Waals surface area contributed by atoms with Crippen molar-refractivity contribution in [2.45, 2.75) is 184 Å². The zero-order valence-electron chi connectivity index (χ0n) is 40.9. The molecule has 7 atom stereocenters. The summed E-state index contributed by atoms with van der Waals surface area (Å²) >= 11 is 1.98. The Hall–Kier alpha value is -3.34. The van der Waals surface area contributed by atoms with Crippen molar-refractivity contribution >= 4 is 28.2 Å². The summed E-state index contributed by atoms with van der Waals surface area (Å²) in [5.74, 6) is 2.69. The standard InChI is InChI=1S/C58H83NO7S/c1-3-5-6-7-8-9-10-11-12-13-14-15-16-25-39-67-54-43-52(59-66-55-30-21-24-38-62-55)50-41-46(28-19-22-35-60)49(29-20-23-36-61)56-51-42-48(64-47-32-31-44-26-17-18-27-45(44)40-47)33-34-53(51)65-58(54,57(50)56)63-37-4-2/h4,17-18,26-27,31-34,40-42,46,49,54-57,60-61H,2-3,5-16,19-25,28-30,35-39,43H2,1H3/t46-,49+,54-,55?,56+,57+,58+/m0/s1. The molecule has 9 heteroatoms. The van der Waals surface area contributed by atoms with Crippen LogP contribution in [0.3, 0.4) is 0 Å². The van der Waals surface area contributed by atoms with E-state index < -0.39 is 5.79 Å². The van der Waals surface area contributed by atoms with Crippen molar-refractivity contribution in [3.05, 3.63) is 90.5 Å².